The first kappa shape index (κ1) is 20.2. The molecule has 2 aliphatic rings. The minimum Gasteiger partial charge on any atom is -0.486 e. The molecule has 0 unspecified atom stereocenters. The van der Waals surface area contributed by atoms with Gasteiger partial charge in [-0.15, -0.1) is 0 Å². The van der Waals surface area contributed by atoms with Crippen molar-refractivity contribution in [1.82, 2.24) is 19.7 Å². The second kappa shape index (κ2) is 9.18. The molecule has 0 spiro atoms. The van der Waals surface area contributed by atoms with Crippen LogP contribution in [0.1, 0.15) is 43.6 Å². The van der Waals surface area contributed by atoms with Crippen molar-refractivity contribution in [2.75, 3.05) is 45.8 Å². The monoisotopic (exact) mass is 398 g/mol. The maximum absolute atomic E-state index is 12.9. The highest BCUT2D eigenvalue weighted by atomic mass is 16.5. The third-order valence-corrected chi connectivity index (χ3v) is 6.19. The first-order chi connectivity index (χ1) is 14.2. The van der Waals surface area contributed by atoms with Crippen molar-refractivity contribution in [3.05, 3.63) is 30.0 Å². The van der Waals surface area contributed by atoms with Crippen molar-refractivity contribution < 1.29 is 9.53 Å². The Morgan fingerprint density at radius 3 is 2.62 bits per heavy atom. The lowest BCUT2D eigenvalue weighted by atomic mass is 10.2. The average Bonchev–Trinajstić information content (AvgIpc) is 3.12. The zero-order chi connectivity index (χ0) is 20.2. The fraction of sp³-hybridized carbons (Fsp3) is 0.609. The molecule has 1 N–H and O–H groups in total. The highest BCUT2D eigenvalue weighted by Gasteiger charge is 2.25. The van der Waals surface area contributed by atoms with Crippen molar-refractivity contribution >= 4 is 16.8 Å². The van der Waals surface area contributed by atoms with Gasteiger partial charge in [0.25, 0.3) is 5.91 Å². The second-order valence-corrected chi connectivity index (χ2v) is 8.28. The van der Waals surface area contributed by atoms with Gasteiger partial charge in [0.15, 0.2) is 0 Å². The number of amides is 1. The van der Waals surface area contributed by atoms with Gasteiger partial charge in [-0.1, -0.05) is 26.0 Å². The quantitative estimate of drug-likeness (QED) is 0.695. The Bertz CT molecular complexity index is 839. The molecule has 1 saturated heterocycles. The van der Waals surface area contributed by atoms with Crippen molar-refractivity contribution in [2.24, 2.45) is 0 Å². The molecule has 0 saturated carbocycles. The molecule has 4 rings (SSSR count). The van der Waals surface area contributed by atoms with Crippen LogP contribution in [0.2, 0.25) is 0 Å². The number of nitrogens with one attached hydrogen (secondary N) is 1. The van der Waals surface area contributed by atoms with E-state index in [0.29, 0.717) is 0 Å². The molecule has 3 heterocycles. The fourth-order valence-corrected chi connectivity index (χ4v) is 4.54. The Hall–Kier alpha value is -2.05. The molecule has 1 aromatic heterocycles. The van der Waals surface area contributed by atoms with Crippen LogP contribution in [0.5, 0.6) is 5.75 Å². The first-order valence-electron chi connectivity index (χ1n) is 11.2. The summed E-state index contributed by atoms with van der Waals surface area (Å²) < 4.78 is 8.22. The zero-order valence-electron chi connectivity index (χ0n) is 17.8. The summed E-state index contributed by atoms with van der Waals surface area (Å²) in [6, 6.07) is 8.06. The van der Waals surface area contributed by atoms with Crippen LogP contribution in [0.3, 0.4) is 0 Å². The number of hydrogen-bond acceptors (Lipinski definition) is 4. The van der Waals surface area contributed by atoms with E-state index in [-0.39, 0.29) is 12.0 Å². The lowest BCUT2D eigenvalue weighted by Gasteiger charge is -2.34. The lowest BCUT2D eigenvalue weighted by Crippen LogP contribution is -2.47. The molecule has 0 aliphatic carbocycles. The smallest absolute Gasteiger partial charge is 0.267 e. The van der Waals surface area contributed by atoms with Gasteiger partial charge in [0, 0.05) is 38.1 Å². The van der Waals surface area contributed by atoms with Crippen LogP contribution in [0.15, 0.2) is 24.3 Å². The summed E-state index contributed by atoms with van der Waals surface area (Å²) in [7, 11) is 0. The SMILES string of the molecule is CCCN1CCN(CCCNC(=O)c2cc3cccc4c3n2C[C@H](CC)O4)CC1. The van der Waals surface area contributed by atoms with Crippen LogP contribution in [0.25, 0.3) is 10.9 Å². The predicted octanol–water partition coefficient (Wildman–Crippen LogP) is 2.96. The number of carbonyl (C=O) groups is 1. The van der Waals surface area contributed by atoms with Crippen LogP contribution in [0, 0.1) is 0 Å². The maximum atomic E-state index is 12.9. The number of piperazine rings is 1. The molecular weight excluding hydrogens is 364 g/mol. The van der Waals surface area contributed by atoms with Gasteiger partial charge in [-0.3, -0.25) is 4.79 Å². The standard InChI is InChI=1S/C23H34N4O2/c1-3-10-25-12-14-26(15-13-25)11-6-9-24-23(28)20-16-18-7-5-8-21-22(18)27(20)17-19(4-2)29-21/h5,7-8,16,19H,3-4,6,9-15,17H2,1-2H3,(H,24,28)/t19-/m0/s1. The molecule has 2 aromatic rings. The predicted molar refractivity (Wildman–Crippen MR) is 117 cm³/mol. The van der Waals surface area contributed by atoms with E-state index in [0.717, 1.165) is 67.9 Å². The molecule has 29 heavy (non-hydrogen) atoms. The van der Waals surface area contributed by atoms with Crippen molar-refractivity contribution in [1.29, 1.82) is 0 Å². The topological polar surface area (TPSA) is 49.7 Å². The molecule has 0 radical (unpaired) electrons. The summed E-state index contributed by atoms with van der Waals surface area (Å²) in [5, 5.41) is 4.22. The molecule has 158 valence electrons. The van der Waals surface area contributed by atoms with Crippen molar-refractivity contribution in [2.45, 2.75) is 45.8 Å². The van der Waals surface area contributed by atoms with Crippen LogP contribution in [0.4, 0.5) is 0 Å². The largest absolute Gasteiger partial charge is 0.486 e. The molecule has 2 aliphatic heterocycles. The van der Waals surface area contributed by atoms with E-state index in [4.69, 9.17) is 4.74 Å². The minimum atomic E-state index is 0.0247. The third kappa shape index (κ3) is 4.43. The van der Waals surface area contributed by atoms with E-state index in [2.05, 4.69) is 39.6 Å². The Balaban J connectivity index is 1.31. The van der Waals surface area contributed by atoms with Crippen LogP contribution >= 0.6 is 0 Å². The van der Waals surface area contributed by atoms with E-state index in [1.54, 1.807) is 0 Å². The summed E-state index contributed by atoms with van der Waals surface area (Å²) >= 11 is 0. The van der Waals surface area contributed by atoms with Crippen molar-refractivity contribution in [3.8, 4) is 5.75 Å². The average molecular weight is 399 g/mol. The van der Waals surface area contributed by atoms with E-state index in [9.17, 15) is 4.79 Å². The second-order valence-electron chi connectivity index (χ2n) is 8.28. The number of ether oxygens (including phenoxy) is 1. The van der Waals surface area contributed by atoms with Gasteiger partial charge in [0.2, 0.25) is 0 Å². The molecule has 1 fully saturated rings. The number of carbonyl (C=O) groups excluding carboxylic acids is 1. The number of nitrogens with zero attached hydrogens (tertiary/aromatic N) is 3. The van der Waals surface area contributed by atoms with Crippen LogP contribution in [-0.2, 0) is 6.54 Å². The van der Waals surface area contributed by atoms with E-state index in [1.807, 2.05) is 18.2 Å². The maximum Gasteiger partial charge on any atom is 0.267 e. The lowest BCUT2D eigenvalue weighted by molar-refractivity contribution is 0.0932. The number of benzene rings is 1. The van der Waals surface area contributed by atoms with Gasteiger partial charge < -0.3 is 24.4 Å². The van der Waals surface area contributed by atoms with E-state index < -0.39 is 0 Å². The Morgan fingerprint density at radius 1 is 1.14 bits per heavy atom. The number of para-hydroxylation sites is 1. The molecule has 1 amide bonds. The van der Waals surface area contributed by atoms with Gasteiger partial charge in [-0.2, -0.15) is 0 Å². The van der Waals surface area contributed by atoms with E-state index >= 15 is 0 Å². The minimum absolute atomic E-state index is 0.0247. The first-order valence-corrected chi connectivity index (χ1v) is 11.2. The number of aromatic nitrogens is 1. The Kier molecular flexibility index (Phi) is 6.40. The molecular formula is C23H34N4O2. The summed E-state index contributed by atoms with van der Waals surface area (Å²) in [6.45, 7) is 12.7. The van der Waals surface area contributed by atoms with Gasteiger partial charge >= 0.3 is 0 Å². The van der Waals surface area contributed by atoms with E-state index in [1.165, 1.54) is 26.1 Å². The summed E-state index contributed by atoms with van der Waals surface area (Å²) in [5.41, 5.74) is 1.80. The molecule has 6 heteroatoms. The highest BCUT2D eigenvalue weighted by Crippen LogP contribution is 2.34. The van der Waals surface area contributed by atoms with Gasteiger partial charge in [-0.25, -0.2) is 0 Å². The van der Waals surface area contributed by atoms with Gasteiger partial charge in [0.1, 0.15) is 17.5 Å². The number of hydrogen-bond donors (Lipinski definition) is 1. The molecule has 0 bridgehead atoms. The summed E-state index contributed by atoms with van der Waals surface area (Å²) in [4.78, 5) is 18.0. The van der Waals surface area contributed by atoms with Gasteiger partial charge in [0.05, 0.1) is 12.1 Å². The third-order valence-electron chi connectivity index (χ3n) is 6.19. The highest BCUT2D eigenvalue weighted by molar-refractivity contribution is 6.00. The van der Waals surface area contributed by atoms with Crippen LogP contribution < -0.4 is 10.1 Å². The Morgan fingerprint density at radius 2 is 1.90 bits per heavy atom. The van der Waals surface area contributed by atoms with Crippen LogP contribution in [-0.4, -0.2) is 72.2 Å². The fourth-order valence-electron chi connectivity index (χ4n) is 4.54. The molecule has 1 atom stereocenters. The molecule has 1 aromatic carbocycles. The Labute approximate surface area is 173 Å². The summed E-state index contributed by atoms with van der Waals surface area (Å²) in [6.07, 6.45) is 3.28. The number of rotatable bonds is 8. The zero-order valence-corrected chi connectivity index (χ0v) is 17.8. The normalized spacial score (nSPS) is 20.0. The van der Waals surface area contributed by atoms with Gasteiger partial charge in [-0.05, 0) is 44.5 Å². The summed E-state index contributed by atoms with van der Waals surface area (Å²) in [5.74, 6) is 0.915. The van der Waals surface area contributed by atoms with Crippen molar-refractivity contribution in [3.63, 3.8) is 0 Å². The molecule has 6 nitrogen and oxygen atoms in total.